The average molecular weight is 227 g/mol. The van der Waals surface area contributed by atoms with E-state index in [0.717, 1.165) is 17.7 Å². The van der Waals surface area contributed by atoms with Gasteiger partial charge in [-0.3, -0.25) is 4.99 Å². The van der Waals surface area contributed by atoms with Crippen LogP contribution in [0.3, 0.4) is 0 Å². The molecule has 0 amide bonds. The van der Waals surface area contributed by atoms with Crippen LogP contribution >= 0.6 is 11.6 Å². The molecule has 0 aliphatic heterocycles. The fraction of sp³-hybridized carbons (Fsp3) is 0.364. The number of hydrogen-bond acceptors (Lipinski definition) is 2. The van der Waals surface area contributed by atoms with Crippen molar-refractivity contribution < 1.29 is 4.74 Å². The summed E-state index contributed by atoms with van der Waals surface area (Å²) in [4.78, 5) is 4.21. The molecule has 0 aliphatic rings. The second-order valence-electron chi connectivity index (χ2n) is 3.08. The first-order valence-electron chi connectivity index (χ1n) is 4.79. The Bertz CT molecular complexity index is 364. The number of nitrogens with zero attached hydrogens (tertiary/aromatic N) is 1. The highest BCUT2D eigenvalue weighted by Crippen LogP contribution is 2.26. The topological polar surface area (TPSA) is 47.6 Å². The zero-order chi connectivity index (χ0) is 11.3. The van der Waals surface area contributed by atoms with Gasteiger partial charge in [0.15, 0.2) is 0 Å². The predicted molar refractivity (Wildman–Crippen MR) is 63.6 cm³/mol. The SMILES string of the molecule is CCC(N)=NCc1c(Cl)cccc1OC. The number of aliphatic imine (C=N–C) groups is 1. The maximum Gasteiger partial charge on any atom is 0.125 e. The summed E-state index contributed by atoms with van der Waals surface area (Å²) in [6, 6.07) is 5.52. The Morgan fingerprint density at radius 3 is 2.87 bits per heavy atom. The van der Waals surface area contributed by atoms with Gasteiger partial charge >= 0.3 is 0 Å². The van der Waals surface area contributed by atoms with E-state index in [1.807, 2.05) is 25.1 Å². The van der Waals surface area contributed by atoms with E-state index in [-0.39, 0.29) is 0 Å². The van der Waals surface area contributed by atoms with Crippen LogP contribution in [0.5, 0.6) is 5.75 Å². The molecule has 82 valence electrons. The Hall–Kier alpha value is -1.22. The summed E-state index contributed by atoms with van der Waals surface area (Å²) < 4.78 is 5.20. The molecule has 0 fully saturated rings. The fourth-order valence-corrected chi connectivity index (χ4v) is 1.40. The molecule has 1 aromatic rings. The Balaban J connectivity index is 2.92. The molecule has 0 bridgehead atoms. The molecule has 0 radical (unpaired) electrons. The van der Waals surface area contributed by atoms with Crippen molar-refractivity contribution in [2.45, 2.75) is 19.9 Å². The molecule has 1 rings (SSSR count). The lowest BCUT2D eigenvalue weighted by molar-refractivity contribution is 0.410. The van der Waals surface area contributed by atoms with Crippen LogP contribution in [-0.4, -0.2) is 12.9 Å². The van der Waals surface area contributed by atoms with Crippen molar-refractivity contribution in [1.29, 1.82) is 0 Å². The van der Waals surface area contributed by atoms with Gasteiger partial charge in [-0.25, -0.2) is 0 Å². The van der Waals surface area contributed by atoms with Crippen LogP contribution in [0.2, 0.25) is 5.02 Å². The Kier molecular flexibility index (Phi) is 4.43. The number of ether oxygens (including phenoxy) is 1. The van der Waals surface area contributed by atoms with Gasteiger partial charge in [-0.05, 0) is 12.1 Å². The van der Waals surface area contributed by atoms with Crippen molar-refractivity contribution in [3.8, 4) is 5.75 Å². The number of halogens is 1. The molecular weight excluding hydrogens is 212 g/mol. The lowest BCUT2D eigenvalue weighted by atomic mass is 10.2. The summed E-state index contributed by atoms with van der Waals surface area (Å²) in [5.74, 6) is 1.37. The van der Waals surface area contributed by atoms with E-state index in [4.69, 9.17) is 22.1 Å². The minimum atomic E-state index is 0.461. The van der Waals surface area contributed by atoms with Gasteiger partial charge in [0.2, 0.25) is 0 Å². The molecule has 3 nitrogen and oxygen atoms in total. The number of amidine groups is 1. The monoisotopic (exact) mass is 226 g/mol. The Labute approximate surface area is 94.9 Å². The van der Waals surface area contributed by atoms with Crippen molar-refractivity contribution in [2.75, 3.05) is 7.11 Å². The summed E-state index contributed by atoms with van der Waals surface area (Å²) in [6.07, 6.45) is 0.743. The molecular formula is C11H15ClN2O. The summed E-state index contributed by atoms with van der Waals surface area (Å²) in [5, 5.41) is 0.655. The van der Waals surface area contributed by atoms with E-state index < -0.39 is 0 Å². The molecule has 0 aliphatic carbocycles. The summed E-state index contributed by atoms with van der Waals surface area (Å²) >= 11 is 6.04. The van der Waals surface area contributed by atoms with Crippen LogP contribution in [0.25, 0.3) is 0 Å². The maximum atomic E-state index is 6.04. The Morgan fingerprint density at radius 1 is 1.53 bits per heavy atom. The molecule has 0 heterocycles. The zero-order valence-corrected chi connectivity index (χ0v) is 9.71. The normalized spacial score (nSPS) is 11.5. The van der Waals surface area contributed by atoms with Crippen molar-refractivity contribution in [2.24, 2.45) is 10.7 Å². The van der Waals surface area contributed by atoms with Crippen LogP contribution in [0.1, 0.15) is 18.9 Å². The maximum absolute atomic E-state index is 6.04. The van der Waals surface area contributed by atoms with E-state index in [2.05, 4.69) is 4.99 Å². The van der Waals surface area contributed by atoms with Crippen molar-refractivity contribution >= 4 is 17.4 Å². The van der Waals surface area contributed by atoms with Gasteiger partial charge in [-0.1, -0.05) is 24.6 Å². The van der Waals surface area contributed by atoms with E-state index >= 15 is 0 Å². The number of nitrogens with two attached hydrogens (primary N) is 1. The van der Waals surface area contributed by atoms with Crippen LogP contribution in [-0.2, 0) is 6.54 Å². The molecule has 0 saturated heterocycles. The summed E-state index contributed by atoms with van der Waals surface area (Å²) in [6.45, 7) is 2.42. The molecule has 0 aromatic heterocycles. The Morgan fingerprint density at radius 2 is 2.27 bits per heavy atom. The molecule has 0 unspecified atom stereocenters. The second kappa shape index (κ2) is 5.61. The molecule has 1 aromatic carbocycles. The third-order valence-electron chi connectivity index (χ3n) is 2.10. The number of rotatable bonds is 4. The minimum absolute atomic E-state index is 0.461. The highest BCUT2D eigenvalue weighted by Gasteiger charge is 2.06. The van der Waals surface area contributed by atoms with E-state index in [9.17, 15) is 0 Å². The molecule has 4 heteroatoms. The third-order valence-corrected chi connectivity index (χ3v) is 2.45. The van der Waals surface area contributed by atoms with Crippen LogP contribution in [0, 0.1) is 0 Å². The third kappa shape index (κ3) is 3.13. The van der Waals surface area contributed by atoms with Gasteiger partial charge in [-0.2, -0.15) is 0 Å². The molecule has 2 N–H and O–H groups in total. The van der Waals surface area contributed by atoms with Gasteiger partial charge in [0.05, 0.1) is 19.5 Å². The number of methoxy groups -OCH3 is 1. The highest BCUT2D eigenvalue weighted by molar-refractivity contribution is 6.31. The fourth-order valence-electron chi connectivity index (χ4n) is 1.18. The molecule has 15 heavy (non-hydrogen) atoms. The first-order valence-corrected chi connectivity index (χ1v) is 5.17. The quantitative estimate of drug-likeness (QED) is 0.634. The highest BCUT2D eigenvalue weighted by atomic mass is 35.5. The van der Waals surface area contributed by atoms with Crippen LogP contribution < -0.4 is 10.5 Å². The van der Waals surface area contributed by atoms with E-state index in [1.54, 1.807) is 7.11 Å². The van der Waals surface area contributed by atoms with Crippen LogP contribution in [0.4, 0.5) is 0 Å². The van der Waals surface area contributed by atoms with E-state index in [1.165, 1.54) is 0 Å². The first-order chi connectivity index (χ1) is 7.19. The summed E-state index contributed by atoms with van der Waals surface area (Å²) in [7, 11) is 1.61. The minimum Gasteiger partial charge on any atom is -0.496 e. The van der Waals surface area contributed by atoms with Gasteiger partial charge in [0.1, 0.15) is 5.75 Å². The van der Waals surface area contributed by atoms with Gasteiger partial charge in [0.25, 0.3) is 0 Å². The van der Waals surface area contributed by atoms with E-state index in [0.29, 0.717) is 17.4 Å². The van der Waals surface area contributed by atoms with Gasteiger partial charge in [-0.15, -0.1) is 0 Å². The largest absolute Gasteiger partial charge is 0.496 e. The van der Waals surface area contributed by atoms with Gasteiger partial charge < -0.3 is 10.5 Å². The lowest BCUT2D eigenvalue weighted by Gasteiger charge is -2.08. The lowest BCUT2D eigenvalue weighted by Crippen LogP contribution is -2.10. The predicted octanol–water partition coefficient (Wildman–Crippen LogP) is 2.62. The van der Waals surface area contributed by atoms with Crippen molar-refractivity contribution in [3.05, 3.63) is 28.8 Å². The van der Waals surface area contributed by atoms with Crippen molar-refractivity contribution in [3.63, 3.8) is 0 Å². The molecule has 0 atom stereocenters. The number of benzene rings is 1. The second-order valence-corrected chi connectivity index (χ2v) is 3.49. The number of hydrogen-bond donors (Lipinski definition) is 1. The van der Waals surface area contributed by atoms with Crippen LogP contribution in [0.15, 0.2) is 23.2 Å². The zero-order valence-electron chi connectivity index (χ0n) is 8.96. The van der Waals surface area contributed by atoms with Gasteiger partial charge in [0, 0.05) is 17.0 Å². The summed E-state index contributed by atoms with van der Waals surface area (Å²) in [5.41, 5.74) is 6.50. The first kappa shape index (κ1) is 11.9. The van der Waals surface area contributed by atoms with Crippen molar-refractivity contribution in [1.82, 2.24) is 0 Å². The molecule has 0 saturated carbocycles. The standard InChI is InChI=1S/C11H15ClN2O/c1-3-11(13)14-7-8-9(12)5-4-6-10(8)15-2/h4-6H,3,7H2,1-2H3,(H2,13,14). The molecule has 0 spiro atoms. The average Bonchev–Trinajstić information content (AvgIpc) is 2.26. The smallest absolute Gasteiger partial charge is 0.125 e.